The fourth-order valence-corrected chi connectivity index (χ4v) is 2.69. The average Bonchev–Trinajstić information content (AvgIpc) is 3.00. The summed E-state index contributed by atoms with van der Waals surface area (Å²) in [6, 6.07) is 5.58. The van der Waals surface area contributed by atoms with E-state index in [1.807, 2.05) is 18.3 Å². The van der Waals surface area contributed by atoms with E-state index in [9.17, 15) is 0 Å². The first-order valence-electron chi connectivity index (χ1n) is 7.41. The fraction of sp³-hybridized carbons (Fsp3) is 0.267. The summed E-state index contributed by atoms with van der Waals surface area (Å²) in [6.45, 7) is 3.26. The van der Waals surface area contributed by atoms with Crippen LogP contribution in [0.2, 0.25) is 0 Å². The molecule has 0 aliphatic carbocycles. The van der Waals surface area contributed by atoms with Crippen LogP contribution in [-0.4, -0.2) is 46.2 Å². The lowest BCUT2D eigenvalue weighted by Crippen LogP contribution is -2.36. The molecule has 0 amide bonds. The summed E-state index contributed by atoms with van der Waals surface area (Å²) in [7, 11) is 0. The highest BCUT2D eigenvalue weighted by Gasteiger charge is 2.14. The monoisotopic (exact) mass is 311 g/mol. The van der Waals surface area contributed by atoms with Crippen LogP contribution in [0.4, 0.5) is 17.2 Å². The van der Waals surface area contributed by atoms with Gasteiger partial charge in [0.25, 0.3) is 0 Å². The lowest BCUT2D eigenvalue weighted by molar-refractivity contribution is 0.122. The standard InChI is InChI=1S/C15H17N7O/c16-10-7-12(17)19-15-13(10)20-14(21-15)11-2-1-9(8-18-11)22-3-5-23-6-4-22/h1-2,7-8H,3-6H2,(H5,16,17,19,20,21). The molecule has 8 heteroatoms. The molecule has 0 saturated carbocycles. The van der Waals surface area contributed by atoms with Gasteiger partial charge in [-0.1, -0.05) is 0 Å². The van der Waals surface area contributed by atoms with Crippen molar-refractivity contribution in [1.82, 2.24) is 19.9 Å². The molecule has 1 saturated heterocycles. The molecule has 4 heterocycles. The first-order valence-corrected chi connectivity index (χ1v) is 7.41. The molecule has 5 N–H and O–H groups in total. The smallest absolute Gasteiger partial charge is 0.182 e. The summed E-state index contributed by atoms with van der Waals surface area (Å²) in [4.78, 5) is 18.5. The van der Waals surface area contributed by atoms with Crippen molar-refractivity contribution >= 4 is 28.4 Å². The maximum atomic E-state index is 5.94. The molecule has 8 nitrogen and oxygen atoms in total. The quantitative estimate of drug-likeness (QED) is 0.646. The Hall–Kier alpha value is -2.87. The van der Waals surface area contributed by atoms with Crippen LogP contribution in [0.3, 0.4) is 0 Å². The predicted molar refractivity (Wildman–Crippen MR) is 89.0 cm³/mol. The SMILES string of the molecule is Nc1cc(N)c2[nH]c(-c3ccc(N4CCOCC4)cn3)nc2n1. The number of nitrogens with one attached hydrogen (secondary N) is 1. The first-order chi connectivity index (χ1) is 11.2. The molecule has 0 unspecified atom stereocenters. The van der Waals surface area contributed by atoms with Crippen LogP contribution in [0.15, 0.2) is 24.4 Å². The van der Waals surface area contributed by atoms with Crippen molar-refractivity contribution < 1.29 is 4.74 Å². The molecule has 0 spiro atoms. The number of nitrogens with two attached hydrogens (primary N) is 2. The zero-order valence-corrected chi connectivity index (χ0v) is 12.5. The lowest BCUT2D eigenvalue weighted by Gasteiger charge is -2.28. The number of fused-ring (bicyclic) bond motifs is 1. The Balaban J connectivity index is 1.66. The molecule has 1 fully saturated rings. The molecule has 3 aromatic heterocycles. The number of hydrogen-bond acceptors (Lipinski definition) is 7. The van der Waals surface area contributed by atoms with Gasteiger partial charge in [-0.3, -0.25) is 4.98 Å². The Morgan fingerprint density at radius 3 is 2.70 bits per heavy atom. The molecular formula is C15H17N7O. The summed E-state index contributed by atoms with van der Waals surface area (Å²) < 4.78 is 5.36. The molecule has 1 aliphatic rings. The summed E-state index contributed by atoms with van der Waals surface area (Å²) >= 11 is 0. The first kappa shape index (κ1) is 13.8. The van der Waals surface area contributed by atoms with Gasteiger partial charge in [0.15, 0.2) is 11.5 Å². The van der Waals surface area contributed by atoms with Gasteiger partial charge in [-0.05, 0) is 12.1 Å². The van der Waals surface area contributed by atoms with Crippen LogP contribution in [0.25, 0.3) is 22.7 Å². The van der Waals surface area contributed by atoms with Crippen molar-refractivity contribution in [3.8, 4) is 11.5 Å². The van der Waals surface area contributed by atoms with Crippen LogP contribution in [0.1, 0.15) is 0 Å². The minimum atomic E-state index is 0.351. The molecule has 118 valence electrons. The number of morpholine rings is 1. The van der Waals surface area contributed by atoms with E-state index < -0.39 is 0 Å². The van der Waals surface area contributed by atoms with Crippen molar-refractivity contribution in [1.29, 1.82) is 0 Å². The number of H-pyrrole nitrogens is 1. The maximum Gasteiger partial charge on any atom is 0.182 e. The van der Waals surface area contributed by atoms with Crippen LogP contribution >= 0.6 is 0 Å². The molecule has 0 atom stereocenters. The van der Waals surface area contributed by atoms with Gasteiger partial charge >= 0.3 is 0 Å². The Morgan fingerprint density at radius 1 is 1.13 bits per heavy atom. The van der Waals surface area contributed by atoms with Crippen LogP contribution in [0.5, 0.6) is 0 Å². The van der Waals surface area contributed by atoms with E-state index in [-0.39, 0.29) is 0 Å². The molecule has 0 aromatic carbocycles. The van der Waals surface area contributed by atoms with Gasteiger partial charge in [0.05, 0.1) is 30.8 Å². The van der Waals surface area contributed by atoms with Gasteiger partial charge < -0.3 is 26.1 Å². The highest BCUT2D eigenvalue weighted by atomic mass is 16.5. The Labute approximate surface area is 132 Å². The minimum Gasteiger partial charge on any atom is -0.397 e. The number of nitrogen functional groups attached to an aromatic ring is 2. The zero-order chi connectivity index (χ0) is 15.8. The van der Waals surface area contributed by atoms with E-state index in [2.05, 4.69) is 24.8 Å². The average molecular weight is 311 g/mol. The maximum absolute atomic E-state index is 5.94. The normalized spacial score (nSPS) is 15.2. The zero-order valence-electron chi connectivity index (χ0n) is 12.5. The fourth-order valence-electron chi connectivity index (χ4n) is 2.69. The second-order valence-electron chi connectivity index (χ2n) is 5.42. The second kappa shape index (κ2) is 5.40. The second-order valence-corrected chi connectivity index (χ2v) is 5.42. The van der Waals surface area contributed by atoms with Crippen molar-refractivity contribution in [2.75, 3.05) is 42.7 Å². The third-order valence-corrected chi connectivity index (χ3v) is 3.88. The van der Waals surface area contributed by atoms with Gasteiger partial charge in [-0.2, -0.15) is 0 Å². The number of rotatable bonds is 2. The Morgan fingerprint density at radius 2 is 1.96 bits per heavy atom. The van der Waals surface area contributed by atoms with Crippen LogP contribution in [0, 0.1) is 0 Å². The molecular weight excluding hydrogens is 294 g/mol. The Kier molecular flexibility index (Phi) is 3.23. The molecule has 3 aromatic rings. The van der Waals surface area contributed by atoms with E-state index >= 15 is 0 Å². The van der Waals surface area contributed by atoms with Crippen LogP contribution in [-0.2, 0) is 4.74 Å². The van der Waals surface area contributed by atoms with Gasteiger partial charge in [0.1, 0.15) is 17.0 Å². The van der Waals surface area contributed by atoms with E-state index in [1.54, 1.807) is 6.07 Å². The summed E-state index contributed by atoms with van der Waals surface area (Å²) in [5.41, 5.74) is 15.1. The topological polar surface area (TPSA) is 119 Å². The minimum absolute atomic E-state index is 0.351. The van der Waals surface area contributed by atoms with Crippen molar-refractivity contribution in [2.24, 2.45) is 0 Å². The number of anilines is 3. The summed E-state index contributed by atoms with van der Waals surface area (Å²) in [5, 5.41) is 0. The lowest BCUT2D eigenvalue weighted by atomic mass is 10.3. The third kappa shape index (κ3) is 2.53. The highest BCUT2D eigenvalue weighted by molar-refractivity contribution is 5.88. The van der Waals surface area contributed by atoms with E-state index in [0.29, 0.717) is 28.5 Å². The van der Waals surface area contributed by atoms with E-state index in [4.69, 9.17) is 16.2 Å². The number of pyridine rings is 2. The van der Waals surface area contributed by atoms with E-state index in [0.717, 1.165) is 37.7 Å². The van der Waals surface area contributed by atoms with Crippen molar-refractivity contribution in [3.63, 3.8) is 0 Å². The number of aromatic amines is 1. The van der Waals surface area contributed by atoms with Crippen molar-refractivity contribution in [2.45, 2.75) is 0 Å². The van der Waals surface area contributed by atoms with Gasteiger partial charge in [-0.25, -0.2) is 9.97 Å². The van der Waals surface area contributed by atoms with Gasteiger partial charge in [0.2, 0.25) is 0 Å². The van der Waals surface area contributed by atoms with Gasteiger partial charge in [0, 0.05) is 19.2 Å². The summed E-state index contributed by atoms with van der Waals surface area (Å²) in [6.07, 6.45) is 1.85. The molecule has 23 heavy (non-hydrogen) atoms. The molecule has 1 aliphatic heterocycles. The number of nitrogens with zero attached hydrogens (tertiary/aromatic N) is 4. The third-order valence-electron chi connectivity index (χ3n) is 3.88. The molecule has 4 rings (SSSR count). The van der Waals surface area contributed by atoms with Crippen molar-refractivity contribution in [3.05, 3.63) is 24.4 Å². The summed E-state index contributed by atoms with van der Waals surface area (Å²) in [5.74, 6) is 0.974. The number of hydrogen-bond donors (Lipinski definition) is 3. The number of aromatic nitrogens is 4. The van der Waals surface area contributed by atoms with Crippen LogP contribution < -0.4 is 16.4 Å². The number of imidazole rings is 1. The largest absolute Gasteiger partial charge is 0.397 e. The highest BCUT2D eigenvalue weighted by Crippen LogP contribution is 2.24. The molecule has 0 bridgehead atoms. The predicted octanol–water partition coefficient (Wildman–Crippen LogP) is 1.02. The number of ether oxygens (including phenoxy) is 1. The molecule has 0 radical (unpaired) electrons. The van der Waals surface area contributed by atoms with E-state index in [1.165, 1.54) is 0 Å². The Bertz CT molecular complexity index is 837. The van der Waals surface area contributed by atoms with Gasteiger partial charge in [-0.15, -0.1) is 0 Å².